The third kappa shape index (κ3) is 4.65. The number of halogens is 3. The van der Waals surface area contributed by atoms with Crippen molar-refractivity contribution >= 4 is 23.5 Å². The number of amides is 1. The van der Waals surface area contributed by atoms with Crippen LogP contribution >= 0.6 is 0 Å². The van der Waals surface area contributed by atoms with E-state index in [1.54, 1.807) is 13.0 Å². The zero-order chi connectivity index (χ0) is 28.7. The van der Waals surface area contributed by atoms with Gasteiger partial charge in [0.15, 0.2) is 5.82 Å². The highest BCUT2D eigenvalue weighted by molar-refractivity contribution is 5.86. The monoisotopic (exact) mass is 552 g/mol. The standard InChI is InChI=1S/C29H27F3N4O4/c1-18-24(33-26(39)40-19(2)22-10-6-7-11-23(22)29(30,31)32)36(35-34-18)28(27(16-17-27)25(37)38)14-12-21(13-15-28)20-8-4-3-5-9-20/h3-14,19H,15-17H2,1-2H3,(H,33,39)(H,37,38)/t19-,28?/m1/s1. The van der Waals surface area contributed by atoms with Gasteiger partial charge >= 0.3 is 18.2 Å². The van der Waals surface area contributed by atoms with Crippen molar-refractivity contribution in [1.82, 2.24) is 15.0 Å². The number of allylic oxidation sites excluding steroid dienone is 4. The van der Waals surface area contributed by atoms with E-state index in [2.05, 4.69) is 15.6 Å². The predicted molar refractivity (Wildman–Crippen MR) is 140 cm³/mol. The number of benzene rings is 2. The van der Waals surface area contributed by atoms with E-state index in [9.17, 15) is 27.9 Å². The van der Waals surface area contributed by atoms with Crippen molar-refractivity contribution in [2.24, 2.45) is 5.41 Å². The van der Waals surface area contributed by atoms with Crippen LogP contribution in [0.4, 0.5) is 23.8 Å². The molecule has 1 unspecified atom stereocenters. The smallest absolute Gasteiger partial charge is 0.416 e. The Kier molecular flexibility index (Phi) is 6.77. The minimum absolute atomic E-state index is 0.107. The number of carbonyl (C=O) groups is 2. The molecular weight excluding hydrogens is 525 g/mol. The third-order valence-corrected chi connectivity index (χ3v) is 7.69. The van der Waals surface area contributed by atoms with Gasteiger partial charge in [0.25, 0.3) is 0 Å². The molecule has 0 aliphatic heterocycles. The first-order chi connectivity index (χ1) is 19.0. The maximum atomic E-state index is 13.5. The van der Waals surface area contributed by atoms with E-state index in [0.29, 0.717) is 18.5 Å². The van der Waals surface area contributed by atoms with Crippen molar-refractivity contribution in [2.45, 2.75) is 50.9 Å². The molecule has 1 aromatic heterocycles. The van der Waals surface area contributed by atoms with Crippen molar-refractivity contribution in [1.29, 1.82) is 0 Å². The summed E-state index contributed by atoms with van der Waals surface area (Å²) < 4.78 is 47.2. The van der Waals surface area contributed by atoms with Crippen LogP contribution in [0, 0.1) is 12.3 Å². The van der Waals surface area contributed by atoms with Gasteiger partial charge in [0.05, 0.1) is 11.0 Å². The van der Waals surface area contributed by atoms with Gasteiger partial charge in [-0.2, -0.15) is 13.2 Å². The van der Waals surface area contributed by atoms with E-state index >= 15 is 0 Å². The average molecular weight is 553 g/mol. The fourth-order valence-electron chi connectivity index (χ4n) is 5.39. The van der Waals surface area contributed by atoms with Crippen LogP contribution in [-0.4, -0.2) is 32.2 Å². The summed E-state index contributed by atoms with van der Waals surface area (Å²) in [5, 5.41) is 21.2. The van der Waals surface area contributed by atoms with Crippen LogP contribution in [0.3, 0.4) is 0 Å². The number of hydrogen-bond acceptors (Lipinski definition) is 5. The number of rotatable bonds is 7. The van der Waals surface area contributed by atoms with Crippen molar-refractivity contribution in [3.63, 3.8) is 0 Å². The number of carbonyl (C=O) groups excluding carboxylic acids is 1. The van der Waals surface area contributed by atoms with Crippen LogP contribution in [0.2, 0.25) is 0 Å². The second-order valence-electron chi connectivity index (χ2n) is 10.1. The normalized spacial score (nSPS) is 20.4. The number of carboxylic acid groups (broad SMARTS) is 1. The average Bonchev–Trinajstić information content (AvgIpc) is 3.68. The Hall–Kier alpha value is -4.41. The predicted octanol–water partition coefficient (Wildman–Crippen LogP) is 6.52. The van der Waals surface area contributed by atoms with Gasteiger partial charge in [0.1, 0.15) is 17.3 Å². The fourth-order valence-corrected chi connectivity index (χ4v) is 5.39. The van der Waals surface area contributed by atoms with E-state index in [-0.39, 0.29) is 17.8 Å². The minimum atomic E-state index is -4.62. The summed E-state index contributed by atoms with van der Waals surface area (Å²) in [5.41, 5.74) is -1.27. The highest BCUT2D eigenvalue weighted by atomic mass is 19.4. The molecule has 1 amide bonds. The Morgan fingerprint density at radius 1 is 1.10 bits per heavy atom. The van der Waals surface area contributed by atoms with Gasteiger partial charge in [0.2, 0.25) is 0 Å². The van der Waals surface area contributed by atoms with Gasteiger partial charge in [-0.15, -0.1) is 5.10 Å². The lowest BCUT2D eigenvalue weighted by Crippen LogP contribution is -2.47. The first-order valence-electron chi connectivity index (χ1n) is 12.7. The number of hydrogen-bond donors (Lipinski definition) is 2. The van der Waals surface area contributed by atoms with E-state index in [4.69, 9.17) is 4.74 Å². The van der Waals surface area contributed by atoms with Gasteiger partial charge in [0, 0.05) is 5.56 Å². The second kappa shape index (κ2) is 9.96. The Labute approximate surface area is 228 Å². The number of aromatic nitrogens is 3. The van der Waals surface area contributed by atoms with Crippen LogP contribution < -0.4 is 5.32 Å². The van der Waals surface area contributed by atoms with Crippen molar-refractivity contribution in [3.05, 3.63) is 95.2 Å². The van der Waals surface area contributed by atoms with Gasteiger partial charge in [-0.3, -0.25) is 10.1 Å². The number of ether oxygens (including phenoxy) is 1. The third-order valence-electron chi connectivity index (χ3n) is 7.69. The first-order valence-corrected chi connectivity index (χ1v) is 12.7. The number of aryl methyl sites for hydroxylation is 1. The molecule has 0 spiro atoms. The highest BCUT2D eigenvalue weighted by Crippen LogP contribution is 2.61. The van der Waals surface area contributed by atoms with E-state index in [1.165, 1.54) is 29.8 Å². The molecule has 2 aliphatic rings. The lowest BCUT2D eigenvalue weighted by atomic mass is 9.74. The molecule has 0 bridgehead atoms. The fraction of sp³-hybridized carbons (Fsp3) is 0.310. The molecule has 1 heterocycles. The zero-order valence-corrected chi connectivity index (χ0v) is 21.8. The molecule has 5 rings (SSSR count). The molecule has 1 saturated carbocycles. The molecule has 11 heteroatoms. The number of alkyl halides is 3. The SMILES string of the molecule is Cc1nnn(C2(C3(C(=O)O)CC3)C=CC(c3ccccc3)=CC2)c1NC(=O)O[C@H](C)c1ccccc1C(F)(F)F. The summed E-state index contributed by atoms with van der Waals surface area (Å²) in [7, 11) is 0. The lowest BCUT2D eigenvalue weighted by Gasteiger charge is -2.38. The molecule has 40 heavy (non-hydrogen) atoms. The van der Waals surface area contributed by atoms with Crippen LogP contribution in [0.15, 0.2) is 72.8 Å². The van der Waals surface area contributed by atoms with Crippen LogP contribution in [-0.2, 0) is 21.2 Å². The number of aliphatic carboxylic acids is 1. The Bertz CT molecular complexity index is 1510. The summed E-state index contributed by atoms with van der Waals surface area (Å²) in [4.78, 5) is 25.5. The summed E-state index contributed by atoms with van der Waals surface area (Å²) in [5.74, 6) is -0.886. The molecule has 2 aromatic carbocycles. The molecule has 0 radical (unpaired) electrons. The van der Waals surface area contributed by atoms with Gasteiger partial charge < -0.3 is 9.84 Å². The van der Waals surface area contributed by atoms with E-state index in [0.717, 1.165) is 17.2 Å². The minimum Gasteiger partial charge on any atom is -0.481 e. The summed E-state index contributed by atoms with van der Waals surface area (Å²) in [6.45, 7) is 2.94. The Balaban J connectivity index is 1.45. The Morgan fingerprint density at radius 2 is 1.77 bits per heavy atom. The van der Waals surface area contributed by atoms with Gasteiger partial charge in [-0.1, -0.05) is 72.0 Å². The molecule has 208 valence electrons. The first kappa shape index (κ1) is 27.2. The van der Waals surface area contributed by atoms with Crippen LogP contribution in [0.25, 0.3) is 5.57 Å². The molecule has 2 aliphatic carbocycles. The maximum absolute atomic E-state index is 13.5. The second-order valence-corrected chi connectivity index (χ2v) is 10.1. The largest absolute Gasteiger partial charge is 0.481 e. The summed E-state index contributed by atoms with van der Waals surface area (Å²) >= 11 is 0. The number of carboxylic acids is 1. The summed E-state index contributed by atoms with van der Waals surface area (Å²) in [6, 6.07) is 14.5. The van der Waals surface area contributed by atoms with Gasteiger partial charge in [-0.05, 0) is 50.3 Å². The van der Waals surface area contributed by atoms with Crippen molar-refractivity contribution < 1.29 is 32.6 Å². The lowest BCUT2D eigenvalue weighted by molar-refractivity contribution is -0.147. The molecule has 2 atom stereocenters. The van der Waals surface area contributed by atoms with E-state index in [1.807, 2.05) is 42.5 Å². The topological polar surface area (TPSA) is 106 Å². The zero-order valence-electron chi connectivity index (χ0n) is 21.8. The number of nitrogens with zero attached hydrogens (tertiary/aromatic N) is 3. The molecule has 1 fully saturated rings. The van der Waals surface area contributed by atoms with E-state index < -0.39 is 40.9 Å². The Morgan fingerprint density at radius 3 is 2.38 bits per heavy atom. The van der Waals surface area contributed by atoms with Crippen LogP contribution in [0.5, 0.6) is 0 Å². The number of anilines is 1. The van der Waals surface area contributed by atoms with Gasteiger partial charge in [-0.25, -0.2) is 9.48 Å². The number of nitrogens with one attached hydrogen (secondary N) is 1. The summed E-state index contributed by atoms with van der Waals surface area (Å²) in [6.07, 6.45) is -0.228. The highest BCUT2D eigenvalue weighted by Gasteiger charge is 2.66. The van der Waals surface area contributed by atoms with Crippen LogP contribution in [0.1, 0.15) is 54.7 Å². The maximum Gasteiger partial charge on any atom is 0.416 e. The molecule has 0 saturated heterocycles. The van der Waals surface area contributed by atoms with Crippen molar-refractivity contribution in [2.75, 3.05) is 5.32 Å². The molecular formula is C29H27F3N4O4. The molecule has 8 nitrogen and oxygen atoms in total. The molecule has 2 N–H and O–H groups in total. The molecule has 3 aromatic rings. The quantitative estimate of drug-likeness (QED) is 0.346. The van der Waals surface area contributed by atoms with Crippen molar-refractivity contribution in [3.8, 4) is 0 Å².